The van der Waals surface area contributed by atoms with Gasteiger partial charge in [-0.25, -0.2) is 0 Å². The zero-order chi connectivity index (χ0) is 13.7. The van der Waals surface area contributed by atoms with Crippen LogP contribution in [0.4, 0.5) is 0 Å². The summed E-state index contributed by atoms with van der Waals surface area (Å²) in [5, 5.41) is 14.6. The van der Waals surface area contributed by atoms with Gasteiger partial charge in [0.15, 0.2) is 0 Å². The van der Waals surface area contributed by atoms with E-state index in [0.29, 0.717) is 5.92 Å². The van der Waals surface area contributed by atoms with Crippen molar-refractivity contribution in [3.05, 3.63) is 44.9 Å². The van der Waals surface area contributed by atoms with E-state index in [0.717, 1.165) is 34.5 Å². The van der Waals surface area contributed by atoms with Crippen LogP contribution in [0.3, 0.4) is 0 Å². The van der Waals surface area contributed by atoms with Gasteiger partial charge in [-0.15, -0.1) is 10.2 Å². The van der Waals surface area contributed by atoms with Crippen LogP contribution in [0, 0.1) is 5.92 Å². The molecule has 5 heteroatoms. The number of hydrogen-bond donors (Lipinski definition) is 1. The summed E-state index contributed by atoms with van der Waals surface area (Å²) in [5.41, 5.74) is 1.17. The first kappa shape index (κ1) is 14.4. The maximum Gasteiger partial charge on any atom is 0.131 e. The highest BCUT2D eigenvalue weighted by Gasteiger charge is 2.05. The van der Waals surface area contributed by atoms with Gasteiger partial charge in [-0.2, -0.15) is 0 Å². The molecule has 2 aromatic rings. The maximum absolute atomic E-state index is 5.97. The topological polar surface area (TPSA) is 37.8 Å². The molecule has 0 radical (unpaired) electrons. The molecular weight excluding hydrogens is 278 g/mol. The van der Waals surface area contributed by atoms with Gasteiger partial charge in [0.2, 0.25) is 0 Å². The SMILES string of the molecule is CC(C)CNCc1nnc(Cc2cccc(Cl)c2)s1. The van der Waals surface area contributed by atoms with Gasteiger partial charge in [0, 0.05) is 18.0 Å². The second-order valence-corrected chi connectivity index (χ2v) is 6.50. The van der Waals surface area contributed by atoms with Crippen molar-refractivity contribution in [3.63, 3.8) is 0 Å². The lowest BCUT2D eigenvalue weighted by atomic mass is 10.2. The molecule has 0 amide bonds. The van der Waals surface area contributed by atoms with Crippen LogP contribution in [0.1, 0.15) is 29.4 Å². The molecule has 1 heterocycles. The Hall–Kier alpha value is -0.970. The molecule has 1 aromatic carbocycles. The van der Waals surface area contributed by atoms with Crippen LogP contribution < -0.4 is 5.32 Å². The van der Waals surface area contributed by atoms with E-state index in [9.17, 15) is 0 Å². The summed E-state index contributed by atoms with van der Waals surface area (Å²) in [6.45, 7) is 6.18. The van der Waals surface area contributed by atoms with E-state index in [-0.39, 0.29) is 0 Å². The summed E-state index contributed by atoms with van der Waals surface area (Å²) in [6.07, 6.45) is 0.794. The molecule has 0 aliphatic carbocycles. The predicted octanol–water partition coefficient (Wildman–Crippen LogP) is 3.53. The molecule has 0 saturated carbocycles. The lowest BCUT2D eigenvalue weighted by molar-refractivity contribution is 0.550. The van der Waals surface area contributed by atoms with Crippen LogP contribution >= 0.6 is 22.9 Å². The van der Waals surface area contributed by atoms with Gasteiger partial charge in [-0.05, 0) is 30.2 Å². The van der Waals surface area contributed by atoms with E-state index >= 15 is 0 Å². The third kappa shape index (κ3) is 4.90. The monoisotopic (exact) mass is 295 g/mol. The first-order valence-corrected chi connectivity index (χ1v) is 7.59. The van der Waals surface area contributed by atoms with Crippen molar-refractivity contribution in [1.82, 2.24) is 15.5 Å². The quantitative estimate of drug-likeness (QED) is 0.886. The minimum Gasteiger partial charge on any atom is -0.310 e. The van der Waals surface area contributed by atoms with E-state index in [1.165, 1.54) is 5.56 Å². The van der Waals surface area contributed by atoms with E-state index in [1.54, 1.807) is 11.3 Å². The molecule has 0 fully saturated rings. The maximum atomic E-state index is 5.97. The van der Waals surface area contributed by atoms with E-state index < -0.39 is 0 Å². The Morgan fingerprint density at radius 2 is 2.05 bits per heavy atom. The average Bonchev–Trinajstić information content (AvgIpc) is 2.76. The van der Waals surface area contributed by atoms with Crippen molar-refractivity contribution in [2.75, 3.05) is 6.54 Å². The van der Waals surface area contributed by atoms with Crippen molar-refractivity contribution in [2.24, 2.45) is 5.92 Å². The minimum absolute atomic E-state index is 0.652. The standard InChI is InChI=1S/C14H18ClN3S/c1-10(2)8-16-9-14-18-17-13(19-14)7-11-4-3-5-12(15)6-11/h3-6,10,16H,7-9H2,1-2H3. The first-order chi connectivity index (χ1) is 9.13. The van der Waals surface area contributed by atoms with Crippen LogP contribution in [0.15, 0.2) is 24.3 Å². The van der Waals surface area contributed by atoms with E-state index in [1.807, 2.05) is 18.2 Å². The molecule has 0 saturated heterocycles. The molecule has 1 N–H and O–H groups in total. The number of rotatable bonds is 6. The summed E-state index contributed by atoms with van der Waals surface area (Å²) in [7, 11) is 0. The number of aromatic nitrogens is 2. The van der Waals surface area contributed by atoms with Crippen molar-refractivity contribution >= 4 is 22.9 Å². The Labute approximate surface area is 123 Å². The van der Waals surface area contributed by atoms with Gasteiger partial charge in [-0.1, -0.05) is 48.9 Å². The normalized spacial score (nSPS) is 11.2. The highest BCUT2D eigenvalue weighted by atomic mass is 35.5. The second-order valence-electron chi connectivity index (χ2n) is 4.92. The fourth-order valence-corrected chi connectivity index (χ4v) is 2.78. The van der Waals surface area contributed by atoms with Crippen molar-refractivity contribution in [3.8, 4) is 0 Å². The van der Waals surface area contributed by atoms with Crippen LogP contribution in [-0.2, 0) is 13.0 Å². The molecule has 1 aromatic heterocycles. The molecule has 3 nitrogen and oxygen atoms in total. The molecule has 0 atom stereocenters. The van der Waals surface area contributed by atoms with Crippen molar-refractivity contribution in [1.29, 1.82) is 0 Å². The van der Waals surface area contributed by atoms with Gasteiger partial charge in [0.05, 0.1) is 0 Å². The highest BCUT2D eigenvalue weighted by Crippen LogP contribution is 2.17. The third-order valence-corrected chi connectivity index (χ3v) is 3.74. The van der Waals surface area contributed by atoms with Crippen LogP contribution in [0.25, 0.3) is 0 Å². The molecular formula is C14H18ClN3S. The molecule has 19 heavy (non-hydrogen) atoms. The fraction of sp³-hybridized carbons (Fsp3) is 0.429. The minimum atomic E-state index is 0.652. The Balaban J connectivity index is 1.90. The third-order valence-electron chi connectivity index (χ3n) is 2.58. The Kier molecular flexibility index (Phi) is 5.31. The summed E-state index contributed by atoms with van der Waals surface area (Å²) in [5.74, 6) is 0.652. The van der Waals surface area contributed by atoms with E-state index in [2.05, 4.69) is 35.4 Å². The van der Waals surface area contributed by atoms with Gasteiger partial charge in [0.25, 0.3) is 0 Å². The van der Waals surface area contributed by atoms with Crippen LogP contribution in [0.2, 0.25) is 5.02 Å². The largest absolute Gasteiger partial charge is 0.310 e. The smallest absolute Gasteiger partial charge is 0.131 e. The molecule has 0 bridgehead atoms. The number of hydrogen-bond acceptors (Lipinski definition) is 4. The zero-order valence-electron chi connectivity index (χ0n) is 11.2. The van der Waals surface area contributed by atoms with Gasteiger partial charge < -0.3 is 5.32 Å². The fourth-order valence-electron chi connectivity index (χ4n) is 1.72. The van der Waals surface area contributed by atoms with E-state index in [4.69, 9.17) is 11.6 Å². The second kappa shape index (κ2) is 6.98. The Morgan fingerprint density at radius 1 is 1.26 bits per heavy atom. The Bertz CT molecular complexity index is 525. The number of halogens is 1. The predicted molar refractivity (Wildman–Crippen MR) is 80.7 cm³/mol. The molecule has 0 aliphatic heterocycles. The molecule has 102 valence electrons. The number of nitrogens with zero attached hydrogens (tertiary/aromatic N) is 2. The van der Waals surface area contributed by atoms with Gasteiger partial charge in [-0.3, -0.25) is 0 Å². The highest BCUT2D eigenvalue weighted by molar-refractivity contribution is 7.11. The summed E-state index contributed by atoms with van der Waals surface area (Å²) >= 11 is 7.63. The van der Waals surface area contributed by atoms with Crippen LogP contribution in [-0.4, -0.2) is 16.7 Å². The summed E-state index contributed by atoms with van der Waals surface area (Å²) in [4.78, 5) is 0. The Morgan fingerprint density at radius 3 is 2.79 bits per heavy atom. The van der Waals surface area contributed by atoms with Gasteiger partial charge >= 0.3 is 0 Å². The summed E-state index contributed by atoms with van der Waals surface area (Å²) < 4.78 is 0. The molecule has 0 aliphatic rings. The van der Waals surface area contributed by atoms with Gasteiger partial charge in [0.1, 0.15) is 10.0 Å². The molecule has 2 rings (SSSR count). The first-order valence-electron chi connectivity index (χ1n) is 6.40. The summed E-state index contributed by atoms with van der Waals surface area (Å²) in [6, 6.07) is 7.87. The zero-order valence-corrected chi connectivity index (χ0v) is 12.8. The molecule has 0 spiro atoms. The number of benzene rings is 1. The number of nitrogens with one attached hydrogen (secondary N) is 1. The average molecular weight is 296 g/mol. The lowest BCUT2D eigenvalue weighted by Gasteiger charge is -2.03. The van der Waals surface area contributed by atoms with Crippen molar-refractivity contribution < 1.29 is 0 Å². The molecule has 0 unspecified atom stereocenters. The van der Waals surface area contributed by atoms with Crippen LogP contribution in [0.5, 0.6) is 0 Å². The van der Waals surface area contributed by atoms with Crippen molar-refractivity contribution in [2.45, 2.75) is 26.8 Å². The lowest BCUT2D eigenvalue weighted by Crippen LogP contribution is -2.18.